The molecule has 1 aliphatic carbocycles. The van der Waals surface area contributed by atoms with Gasteiger partial charge in [0.2, 0.25) is 11.8 Å². The lowest BCUT2D eigenvalue weighted by Crippen LogP contribution is -2.28. The van der Waals surface area contributed by atoms with Crippen molar-refractivity contribution in [2.24, 2.45) is 15.6 Å². The molecule has 1 unspecified atom stereocenters. The number of hydrogen-bond donors (Lipinski definition) is 3. The maximum Gasteiger partial charge on any atom is 0.335 e. The molecule has 0 radical (unpaired) electrons. The second kappa shape index (κ2) is 8.83. The number of aromatic carboxylic acids is 1. The molecular weight excluding hydrogens is 404 g/mol. The number of benzene rings is 1. The number of carboxylic acids is 1. The second-order valence-electron chi connectivity index (χ2n) is 8.24. The number of rotatable bonds is 5. The summed E-state index contributed by atoms with van der Waals surface area (Å²) < 4.78 is 0. The van der Waals surface area contributed by atoms with Crippen LogP contribution in [0.5, 0.6) is 0 Å². The molecule has 1 fully saturated rings. The third-order valence-corrected chi connectivity index (χ3v) is 5.73. The first-order valence-electron chi connectivity index (χ1n) is 9.54. The van der Waals surface area contributed by atoms with Gasteiger partial charge in [0.15, 0.2) is 5.17 Å². The van der Waals surface area contributed by atoms with Crippen LogP contribution in [0, 0.1) is 5.41 Å². The number of carboxylic acid groups (broad SMARTS) is 1. The summed E-state index contributed by atoms with van der Waals surface area (Å²) in [5.74, 6) is -1.67. The summed E-state index contributed by atoms with van der Waals surface area (Å²) in [5, 5.41) is 22.5. The van der Waals surface area contributed by atoms with Gasteiger partial charge in [-0.15, -0.1) is 5.10 Å². The Labute approximate surface area is 178 Å². The van der Waals surface area contributed by atoms with Gasteiger partial charge in [-0.05, 0) is 55.5 Å². The van der Waals surface area contributed by atoms with Gasteiger partial charge in [0.1, 0.15) is 5.25 Å². The van der Waals surface area contributed by atoms with E-state index in [9.17, 15) is 14.4 Å². The van der Waals surface area contributed by atoms with Gasteiger partial charge in [-0.2, -0.15) is 5.10 Å². The lowest BCUT2D eigenvalue weighted by molar-refractivity contribution is -0.122. The first-order chi connectivity index (χ1) is 14.1. The predicted octanol–water partition coefficient (Wildman–Crippen LogP) is 3.42. The van der Waals surface area contributed by atoms with Crippen LogP contribution >= 0.6 is 11.8 Å². The van der Waals surface area contributed by atoms with Crippen LogP contribution < -0.4 is 10.6 Å². The molecule has 8 nitrogen and oxygen atoms in total. The van der Waals surface area contributed by atoms with Gasteiger partial charge in [-0.25, -0.2) is 4.79 Å². The van der Waals surface area contributed by atoms with Crippen molar-refractivity contribution in [2.45, 2.75) is 45.3 Å². The number of nitrogens with zero attached hydrogens (tertiary/aromatic N) is 2. The van der Waals surface area contributed by atoms with Crippen LogP contribution in [-0.2, 0) is 9.59 Å². The maximum absolute atomic E-state index is 12.3. The van der Waals surface area contributed by atoms with Crippen molar-refractivity contribution >= 4 is 46.1 Å². The van der Waals surface area contributed by atoms with Gasteiger partial charge < -0.3 is 15.7 Å². The van der Waals surface area contributed by atoms with E-state index in [1.807, 2.05) is 6.08 Å². The average molecular weight is 429 g/mol. The summed E-state index contributed by atoms with van der Waals surface area (Å²) in [7, 11) is 0. The Morgan fingerprint density at radius 3 is 2.57 bits per heavy atom. The molecular formula is C21H24N4O4S. The zero-order valence-corrected chi connectivity index (χ0v) is 17.9. The van der Waals surface area contributed by atoms with Gasteiger partial charge in [-0.3, -0.25) is 9.59 Å². The number of hydrogen-bond acceptors (Lipinski definition) is 6. The zero-order valence-electron chi connectivity index (χ0n) is 17.1. The van der Waals surface area contributed by atoms with Crippen molar-refractivity contribution in [3.63, 3.8) is 0 Å². The van der Waals surface area contributed by atoms with Crippen LogP contribution in [-0.4, -0.2) is 39.0 Å². The number of nitrogens with one attached hydrogen (secondary N) is 2. The van der Waals surface area contributed by atoms with E-state index < -0.39 is 11.2 Å². The molecule has 0 bridgehead atoms. The lowest BCUT2D eigenvalue weighted by atomic mass is 9.77. The molecule has 158 valence electrons. The number of amidine groups is 1. The summed E-state index contributed by atoms with van der Waals surface area (Å²) in [4.78, 5) is 35.3. The van der Waals surface area contributed by atoms with Crippen LogP contribution in [0.2, 0.25) is 0 Å². The van der Waals surface area contributed by atoms with Crippen molar-refractivity contribution in [3.8, 4) is 0 Å². The Morgan fingerprint density at radius 2 is 1.93 bits per heavy atom. The molecule has 3 N–H and O–H groups in total. The Balaban J connectivity index is 1.58. The first kappa shape index (κ1) is 21.8. The van der Waals surface area contributed by atoms with Gasteiger partial charge in [0, 0.05) is 12.1 Å². The molecule has 1 heterocycles. The van der Waals surface area contributed by atoms with E-state index in [1.54, 1.807) is 0 Å². The van der Waals surface area contributed by atoms with Gasteiger partial charge in [-0.1, -0.05) is 31.2 Å². The van der Waals surface area contributed by atoms with Gasteiger partial charge in [0.25, 0.3) is 0 Å². The Bertz CT molecular complexity index is 964. The quantitative estimate of drug-likeness (QED) is 0.621. The molecule has 9 heteroatoms. The van der Waals surface area contributed by atoms with E-state index in [1.165, 1.54) is 41.6 Å². The standard InChI is InChI=1S/C21H24N4O4S/c1-12-8-15(11-21(2,3)10-12)24-25-20-23-18(27)16(30-20)9-17(26)22-14-6-4-13(5-7-14)19(28)29/h4-8,16H,9-11H2,1-3H3,(H,22,26)(H,28,29)(H,23,25,27)/b24-15-. The molecule has 1 saturated heterocycles. The molecule has 1 aromatic carbocycles. The van der Waals surface area contributed by atoms with Crippen LogP contribution in [0.1, 0.15) is 50.4 Å². The first-order valence-corrected chi connectivity index (χ1v) is 10.4. The number of allylic oxidation sites excluding steroid dienone is 2. The topological polar surface area (TPSA) is 120 Å². The van der Waals surface area contributed by atoms with Crippen LogP contribution in [0.25, 0.3) is 0 Å². The van der Waals surface area contributed by atoms with E-state index in [2.05, 4.69) is 41.6 Å². The molecule has 3 rings (SSSR count). The van der Waals surface area contributed by atoms with Crippen LogP contribution in [0.15, 0.2) is 46.1 Å². The van der Waals surface area contributed by atoms with Crippen LogP contribution in [0.4, 0.5) is 5.69 Å². The number of carbonyl (C=O) groups excluding carboxylic acids is 2. The lowest BCUT2D eigenvalue weighted by Gasteiger charge is -2.28. The predicted molar refractivity (Wildman–Crippen MR) is 118 cm³/mol. The molecule has 2 aliphatic rings. The normalized spacial score (nSPS) is 23.2. The van der Waals surface area contributed by atoms with E-state index in [0.29, 0.717) is 10.9 Å². The van der Waals surface area contributed by atoms with Crippen molar-refractivity contribution in [1.29, 1.82) is 0 Å². The van der Waals surface area contributed by atoms with Crippen LogP contribution in [0.3, 0.4) is 0 Å². The summed E-state index contributed by atoms with van der Waals surface area (Å²) in [5.41, 5.74) is 2.85. The third kappa shape index (κ3) is 5.79. The molecule has 2 amide bonds. The molecule has 0 aromatic heterocycles. The van der Waals surface area contributed by atoms with Gasteiger partial charge in [0.05, 0.1) is 11.3 Å². The Hall–Kier alpha value is -2.94. The largest absolute Gasteiger partial charge is 0.478 e. The summed E-state index contributed by atoms with van der Waals surface area (Å²) in [6.45, 7) is 6.43. The second-order valence-corrected chi connectivity index (χ2v) is 9.43. The maximum atomic E-state index is 12.3. The van der Waals surface area contributed by atoms with Crippen molar-refractivity contribution in [3.05, 3.63) is 41.5 Å². The molecule has 0 spiro atoms. The third-order valence-electron chi connectivity index (χ3n) is 4.66. The molecule has 1 atom stereocenters. The minimum atomic E-state index is -1.04. The molecule has 0 saturated carbocycles. The Kier molecular flexibility index (Phi) is 6.40. The van der Waals surface area contributed by atoms with E-state index >= 15 is 0 Å². The summed E-state index contributed by atoms with van der Waals surface area (Å²) in [6, 6.07) is 5.82. The summed E-state index contributed by atoms with van der Waals surface area (Å²) >= 11 is 1.18. The fourth-order valence-corrected chi connectivity index (χ4v) is 4.45. The highest BCUT2D eigenvalue weighted by atomic mass is 32.2. The highest BCUT2D eigenvalue weighted by molar-refractivity contribution is 8.15. The SMILES string of the molecule is CC1=C/C(=N/N=C2\NC(=O)C(CC(=O)Nc3ccc(C(=O)O)cc3)S2)CC(C)(C)C1. The van der Waals surface area contributed by atoms with Crippen molar-refractivity contribution in [2.75, 3.05) is 5.32 Å². The average Bonchev–Trinajstić information content (AvgIpc) is 2.98. The highest BCUT2D eigenvalue weighted by Crippen LogP contribution is 2.34. The van der Waals surface area contributed by atoms with E-state index in [0.717, 1.165) is 18.6 Å². The Morgan fingerprint density at radius 1 is 1.23 bits per heavy atom. The monoisotopic (exact) mass is 428 g/mol. The van der Waals surface area contributed by atoms with E-state index in [-0.39, 0.29) is 29.2 Å². The zero-order chi connectivity index (χ0) is 21.9. The molecule has 30 heavy (non-hydrogen) atoms. The number of anilines is 1. The molecule has 1 aromatic rings. The highest BCUT2D eigenvalue weighted by Gasteiger charge is 2.32. The smallest absolute Gasteiger partial charge is 0.335 e. The van der Waals surface area contributed by atoms with Gasteiger partial charge >= 0.3 is 5.97 Å². The molecule has 1 aliphatic heterocycles. The fraction of sp³-hybridized carbons (Fsp3) is 0.381. The van der Waals surface area contributed by atoms with Crippen molar-refractivity contribution in [1.82, 2.24) is 5.32 Å². The van der Waals surface area contributed by atoms with E-state index in [4.69, 9.17) is 5.11 Å². The number of thioether (sulfide) groups is 1. The minimum absolute atomic E-state index is 0.0290. The summed E-state index contributed by atoms with van der Waals surface area (Å²) in [6.07, 6.45) is 3.83. The number of carbonyl (C=O) groups is 3. The van der Waals surface area contributed by atoms with Crippen molar-refractivity contribution < 1.29 is 19.5 Å². The fourth-order valence-electron chi connectivity index (χ4n) is 3.53. The minimum Gasteiger partial charge on any atom is -0.478 e. The number of amides is 2.